The number of fused-ring (bicyclic) bond motifs is 1. The average molecular weight is 481 g/mol. The lowest BCUT2D eigenvalue weighted by Gasteiger charge is -2.18. The first-order chi connectivity index (χ1) is 16.5. The highest BCUT2D eigenvalue weighted by Gasteiger charge is 2.23. The van der Waals surface area contributed by atoms with E-state index in [2.05, 4.69) is 4.98 Å². The van der Waals surface area contributed by atoms with Crippen LogP contribution in [0.5, 0.6) is 11.5 Å². The van der Waals surface area contributed by atoms with Crippen LogP contribution in [-0.4, -0.2) is 44.4 Å². The van der Waals surface area contributed by atoms with Gasteiger partial charge in [-0.15, -0.1) is 0 Å². The summed E-state index contributed by atoms with van der Waals surface area (Å²) in [5.41, 5.74) is 2.48. The molecule has 0 spiro atoms. The number of para-hydroxylation sites is 3. The van der Waals surface area contributed by atoms with E-state index in [4.69, 9.17) is 30.2 Å². The second-order valence-electron chi connectivity index (χ2n) is 7.64. The minimum Gasteiger partial charge on any atom is -0.492 e. The largest absolute Gasteiger partial charge is 0.492 e. The number of benzene rings is 3. The molecule has 0 saturated heterocycles. The lowest BCUT2D eigenvalue weighted by Crippen LogP contribution is -2.31. The van der Waals surface area contributed by atoms with E-state index >= 15 is 0 Å². The Labute approximate surface area is 202 Å². The lowest BCUT2D eigenvalue weighted by atomic mass is 10.1. The van der Waals surface area contributed by atoms with Gasteiger partial charge in [-0.05, 0) is 42.0 Å². The van der Waals surface area contributed by atoms with E-state index < -0.39 is 12.1 Å². The third kappa shape index (κ3) is 5.80. The van der Waals surface area contributed by atoms with Crippen LogP contribution in [0, 0.1) is 0 Å². The standard InChI is InChI=1S/C26H25ClN2O5/c1-29(26-28-21-8-4-6-10-23(21)34-26)15-16-32-19-13-11-18(12-14-19)17-24(25(30)31-2)33-22-9-5-3-7-20(22)27/h3-14,24H,15-17H2,1-2H3. The third-order valence-corrected chi connectivity index (χ3v) is 5.53. The van der Waals surface area contributed by atoms with Crippen molar-refractivity contribution in [3.05, 3.63) is 83.4 Å². The fourth-order valence-corrected chi connectivity index (χ4v) is 3.53. The Hall–Kier alpha value is -3.71. The number of anilines is 1. The highest BCUT2D eigenvalue weighted by molar-refractivity contribution is 6.32. The summed E-state index contributed by atoms with van der Waals surface area (Å²) in [5.74, 6) is 0.682. The number of esters is 1. The van der Waals surface area contributed by atoms with Crippen LogP contribution in [0.2, 0.25) is 5.02 Å². The van der Waals surface area contributed by atoms with Crippen LogP contribution < -0.4 is 14.4 Å². The number of aromatic nitrogens is 1. The molecule has 0 radical (unpaired) electrons. The zero-order valence-electron chi connectivity index (χ0n) is 18.9. The van der Waals surface area contributed by atoms with Crippen LogP contribution in [0.3, 0.4) is 0 Å². The molecule has 0 amide bonds. The van der Waals surface area contributed by atoms with Crippen molar-refractivity contribution < 1.29 is 23.4 Å². The molecule has 0 aliphatic heterocycles. The highest BCUT2D eigenvalue weighted by Crippen LogP contribution is 2.26. The van der Waals surface area contributed by atoms with Gasteiger partial charge in [-0.2, -0.15) is 4.98 Å². The summed E-state index contributed by atoms with van der Waals surface area (Å²) in [6.07, 6.45) is -0.486. The number of halogens is 1. The summed E-state index contributed by atoms with van der Waals surface area (Å²) in [6.45, 7) is 1.06. The minimum absolute atomic E-state index is 0.332. The van der Waals surface area contributed by atoms with Gasteiger partial charge in [0.15, 0.2) is 11.7 Å². The molecule has 7 nitrogen and oxygen atoms in total. The molecule has 0 saturated carbocycles. The molecule has 1 unspecified atom stereocenters. The number of likely N-dealkylation sites (N-methyl/N-ethyl adjacent to an activating group) is 1. The van der Waals surface area contributed by atoms with Crippen molar-refractivity contribution in [2.24, 2.45) is 0 Å². The van der Waals surface area contributed by atoms with Crippen molar-refractivity contribution in [3.63, 3.8) is 0 Å². The van der Waals surface area contributed by atoms with Gasteiger partial charge in [0, 0.05) is 13.5 Å². The third-order valence-electron chi connectivity index (χ3n) is 5.22. The second kappa shape index (κ2) is 10.9. The van der Waals surface area contributed by atoms with E-state index in [9.17, 15) is 4.79 Å². The molecular formula is C26H25ClN2O5. The quantitative estimate of drug-likeness (QED) is 0.290. The van der Waals surface area contributed by atoms with Gasteiger partial charge in [0.05, 0.1) is 18.7 Å². The first-order valence-corrected chi connectivity index (χ1v) is 11.2. The fourth-order valence-electron chi connectivity index (χ4n) is 3.35. The van der Waals surface area contributed by atoms with Crippen molar-refractivity contribution >= 4 is 34.7 Å². The van der Waals surface area contributed by atoms with Gasteiger partial charge >= 0.3 is 5.97 Å². The van der Waals surface area contributed by atoms with Crippen LogP contribution >= 0.6 is 11.6 Å². The topological polar surface area (TPSA) is 74.0 Å². The first kappa shape index (κ1) is 23.4. The molecule has 4 aromatic rings. The summed E-state index contributed by atoms with van der Waals surface area (Å²) < 4.78 is 22.4. The number of hydrogen-bond acceptors (Lipinski definition) is 7. The minimum atomic E-state index is -0.818. The molecule has 176 valence electrons. The van der Waals surface area contributed by atoms with Gasteiger partial charge < -0.3 is 23.5 Å². The van der Waals surface area contributed by atoms with E-state index in [0.29, 0.717) is 36.4 Å². The van der Waals surface area contributed by atoms with E-state index in [1.54, 1.807) is 24.3 Å². The Balaban J connectivity index is 1.31. The normalized spacial score (nSPS) is 11.7. The molecule has 34 heavy (non-hydrogen) atoms. The van der Waals surface area contributed by atoms with Crippen molar-refractivity contribution in [1.82, 2.24) is 4.98 Å². The van der Waals surface area contributed by atoms with Gasteiger partial charge in [-0.1, -0.05) is 48.0 Å². The summed E-state index contributed by atoms with van der Waals surface area (Å²) in [4.78, 5) is 18.6. The van der Waals surface area contributed by atoms with E-state index in [0.717, 1.165) is 22.4 Å². The molecule has 1 aromatic heterocycles. The number of methoxy groups -OCH3 is 1. The predicted octanol–water partition coefficient (Wildman–Crippen LogP) is 5.16. The molecule has 0 N–H and O–H groups in total. The van der Waals surface area contributed by atoms with Crippen LogP contribution in [0.1, 0.15) is 5.56 Å². The van der Waals surface area contributed by atoms with Crippen LogP contribution in [0.15, 0.2) is 77.2 Å². The van der Waals surface area contributed by atoms with Gasteiger partial charge in [-0.3, -0.25) is 0 Å². The average Bonchev–Trinajstić information content (AvgIpc) is 3.30. The maximum absolute atomic E-state index is 12.2. The summed E-state index contributed by atoms with van der Waals surface area (Å²) in [5, 5.41) is 0.433. The Morgan fingerprint density at radius 3 is 2.53 bits per heavy atom. The fraction of sp³-hybridized carbons (Fsp3) is 0.231. The van der Waals surface area contributed by atoms with E-state index in [-0.39, 0.29) is 0 Å². The second-order valence-corrected chi connectivity index (χ2v) is 8.05. The van der Waals surface area contributed by atoms with Gasteiger partial charge in [0.2, 0.25) is 0 Å². The molecule has 3 aromatic carbocycles. The maximum atomic E-state index is 12.2. The van der Waals surface area contributed by atoms with Gasteiger partial charge in [-0.25, -0.2) is 4.79 Å². The SMILES string of the molecule is COC(=O)C(Cc1ccc(OCCN(C)c2nc3ccccc3o2)cc1)Oc1ccccc1Cl. The zero-order valence-corrected chi connectivity index (χ0v) is 19.7. The number of carbonyl (C=O) groups excluding carboxylic acids is 1. The molecule has 1 heterocycles. The van der Waals surface area contributed by atoms with E-state index in [1.807, 2.05) is 60.5 Å². The number of oxazole rings is 1. The zero-order chi connectivity index (χ0) is 23.9. The number of nitrogens with zero attached hydrogens (tertiary/aromatic N) is 2. The maximum Gasteiger partial charge on any atom is 0.347 e. The number of hydrogen-bond donors (Lipinski definition) is 0. The van der Waals surface area contributed by atoms with Crippen LogP contribution in [0.4, 0.5) is 6.01 Å². The summed E-state index contributed by atoms with van der Waals surface area (Å²) in [6, 6.07) is 22.7. The molecule has 0 fully saturated rings. The summed E-state index contributed by atoms with van der Waals surface area (Å²) in [7, 11) is 3.24. The molecule has 8 heteroatoms. The number of rotatable bonds is 10. The van der Waals surface area contributed by atoms with Crippen molar-refractivity contribution in [2.45, 2.75) is 12.5 Å². The predicted molar refractivity (Wildman–Crippen MR) is 131 cm³/mol. The Bertz CT molecular complexity index is 1210. The molecular weight excluding hydrogens is 456 g/mol. The molecule has 4 rings (SSSR count). The molecule has 0 bridgehead atoms. The molecule has 0 aliphatic carbocycles. The van der Waals surface area contributed by atoms with Crippen molar-refractivity contribution in [3.8, 4) is 11.5 Å². The van der Waals surface area contributed by atoms with Crippen LogP contribution in [0.25, 0.3) is 11.1 Å². The number of carbonyl (C=O) groups is 1. The van der Waals surface area contributed by atoms with Crippen molar-refractivity contribution in [1.29, 1.82) is 0 Å². The van der Waals surface area contributed by atoms with Crippen LogP contribution in [-0.2, 0) is 16.0 Å². The Morgan fingerprint density at radius 2 is 1.79 bits per heavy atom. The number of ether oxygens (including phenoxy) is 3. The van der Waals surface area contributed by atoms with Crippen molar-refractivity contribution in [2.75, 3.05) is 32.2 Å². The van der Waals surface area contributed by atoms with Gasteiger partial charge in [0.1, 0.15) is 23.6 Å². The summed E-state index contributed by atoms with van der Waals surface area (Å²) >= 11 is 6.16. The Kier molecular flexibility index (Phi) is 7.54. The Morgan fingerprint density at radius 1 is 1.06 bits per heavy atom. The molecule has 0 aliphatic rings. The van der Waals surface area contributed by atoms with E-state index in [1.165, 1.54) is 7.11 Å². The molecule has 1 atom stereocenters. The lowest BCUT2D eigenvalue weighted by molar-refractivity contribution is -0.148. The highest BCUT2D eigenvalue weighted by atomic mass is 35.5. The first-order valence-electron chi connectivity index (χ1n) is 10.8. The van der Waals surface area contributed by atoms with Gasteiger partial charge in [0.25, 0.3) is 6.01 Å². The monoisotopic (exact) mass is 480 g/mol. The smallest absolute Gasteiger partial charge is 0.347 e.